The Morgan fingerprint density at radius 2 is 2.31 bits per heavy atom. The molecule has 0 bridgehead atoms. The Balaban J connectivity index is 3.21. The van der Waals surface area contributed by atoms with Crippen LogP contribution in [-0.4, -0.2) is 16.1 Å². The average molecular weight is 262 g/mol. The van der Waals surface area contributed by atoms with Crippen LogP contribution in [0.25, 0.3) is 5.57 Å². The van der Waals surface area contributed by atoms with Gasteiger partial charge in [-0.3, -0.25) is 0 Å². The van der Waals surface area contributed by atoms with Crippen LogP contribution in [0.1, 0.15) is 5.56 Å². The molecule has 3 nitrogen and oxygen atoms in total. The Bertz CT molecular complexity index is 378. The fourth-order valence-electron chi connectivity index (χ4n) is 0.760. The van der Waals surface area contributed by atoms with Crippen molar-refractivity contribution < 1.29 is 9.90 Å². The second-order valence-electron chi connectivity index (χ2n) is 2.27. The van der Waals surface area contributed by atoms with Crippen LogP contribution in [0.3, 0.4) is 0 Å². The number of pyridine rings is 1. The van der Waals surface area contributed by atoms with E-state index in [1.54, 1.807) is 0 Å². The van der Waals surface area contributed by atoms with E-state index in [-0.39, 0.29) is 10.7 Å². The zero-order valence-corrected chi connectivity index (χ0v) is 8.76. The molecular weight excluding hydrogens is 257 g/mol. The van der Waals surface area contributed by atoms with Crippen molar-refractivity contribution in [1.82, 2.24) is 4.98 Å². The van der Waals surface area contributed by atoms with E-state index in [9.17, 15) is 4.79 Å². The number of halogens is 2. The van der Waals surface area contributed by atoms with Crippen LogP contribution in [0.15, 0.2) is 23.3 Å². The highest BCUT2D eigenvalue weighted by Crippen LogP contribution is 2.24. The number of carbonyl (C=O) groups is 1. The Kier molecular flexibility index (Phi) is 3.06. The molecule has 0 spiro atoms. The van der Waals surface area contributed by atoms with Gasteiger partial charge >= 0.3 is 5.97 Å². The number of carboxylic acid groups (broad SMARTS) is 1. The number of aliphatic carboxylic acids is 1. The Labute approximate surface area is 88.2 Å². The molecule has 0 saturated heterocycles. The Morgan fingerprint density at radius 1 is 1.69 bits per heavy atom. The van der Waals surface area contributed by atoms with Gasteiger partial charge in [-0.05, 0) is 22.0 Å². The van der Waals surface area contributed by atoms with Gasteiger partial charge in [0.1, 0.15) is 5.15 Å². The van der Waals surface area contributed by atoms with E-state index in [0.717, 1.165) is 0 Å². The van der Waals surface area contributed by atoms with Gasteiger partial charge in [0.05, 0.1) is 5.57 Å². The molecule has 0 radical (unpaired) electrons. The van der Waals surface area contributed by atoms with Gasteiger partial charge in [0.2, 0.25) is 0 Å². The number of hydrogen-bond donors (Lipinski definition) is 1. The summed E-state index contributed by atoms with van der Waals surface area (Å²) < 4.78 is 0.560. The van der Waals surface area contributed by atoms with Crippen molar-refractivity contribution >= 4 is 39.1 Å². The summed E-state index contributed by atoms with van der Waals surface area (Å²) in [5, 5.41) is 8.90. The molecule has 1 aromatic rings. The zero-order chi connectivity index (χ0) is 10.0. The van der Waals surface area contributed by atoms with E-state index in [0.29, 0.717) is 10.0 Å². The largest absolute Gasteiger partial charge is 0.478 e. The summed E-state index contributed by atoms with van der Waals surface area (Å²) in [7, 11) is 0. The molecule has 13 heavy (non-hydrogen) atoms. The lowest BCUT2D eigenvalue weighted by Crippen LogP contribution is -1.99. The van der Waals surface area contributed by atoms with Crippen molar-refractivity contribution in [2.24, 2.45) is 0 Å². The first-order chi connectivity index (χ1) is 6.02. The fraction of sp³-hybridized carbons (Fsp3) is 0. The number of aromatic nitrogens is 1. The number of nitrogens with zero attached hydrogens (tertiary/aromatic N) is 1. The summed E-state index contributed by atoms with van der Waals surface area (Å²) in [6.45, 7) is 3.41. The van der Waals surface area contributed by atoms with Gasteiger partial charge < -0.3 is 5.11 Å². The molecule has 68 valence electrons. The molecule has 0 saturated carbocycles. The molecule has 0 fully saturated rings. The lowest BCUT2D eigenvalue weighted by Gasteiger charge is -2.03. The summed E-state index contributed by atoms with van der Waals surface area (Å²) in [4.78, 5) is 14.3. The van der Waals surface area contributed by atoms with E-state index < -0.39 is 5.97 Å². The lowest BCUT2D eigenvalue weighted by molar-refractivity contribution is -0.130. The molecule has 1 rings (SSSR count). The fourth-order valence-corrected chi connectivity index (χ4v) is 1.37. The van der Waals surface area contributed by atoms with Crippen LogP contribution in [0.2, 0.25) is 5.15 Å². The van der Waals surface area contributed by atoms with Crippen LogP contribution in [0.4, 0.5) is 0 Å². The Morgan fingerprint density at radius 3 is 2.85 bits per heavy atom. The maximum atomic E-state index is 10.6. The normalized spacial score (nSPS) is 9.69. The highest BCUT2D eigenvalue weighted by atomic mass is 79.9. The van der Waals surface area contributed by atoms with Crippen molar-refractivity contribution in [2.75, 3.05) is 0 Å². The van der Waals surface area contributed by atoms with E-state index in [2.05, 4.69) is 27.5 Å². The molecule has 0 amide bonds. The predicted octanol–water partition coefficient (Wildman–Crippen LogP) is 2.60. The third-order valence-electron chi connectivity index (χ3n) is 1.41. The highest BCUT2D eigenvalue weighted by Gasteiger charge is 2.11. The van der Waals surface area contributed by atoms with Crippen LogP contribution in [0.5, 0.6) is 0 Å². The molecule has 0 aromatic carbocycles. The molecule has 1 heterocycles. The quantitative estimate of drug-likeness (QED) is 0.658. The Hall–Kier alpha value is -0.870. The SMILES string of the molecule is C=C(C(=O)O)c1cc(Cl)ncc1Br. The molecule has 0 aliphatic heterocycles. The van der Waals surface area contributed by atoms with Crippen molar-refractivity contribution in [3.63, 3.8) is 0 Å². The predicted molar refractivity (Wildman–Crippen MR) is 53.6 cm³/mol. The van der Waals surface area contributed by atoms with Crippen molar-refractivity contribution in [2.45, 2.75) is 0 Å². The molecule has 1 N–H and O–H groups in total. The maximum absolute atomic E-state index is 10.6. The highest BCUT2D eigenvalue weighted by molar-refractivity contribution is 9.10. The van der Waals surface area contributed by atoms with E-state index in [1.807, 2.05) is 0 Å². The van der Waals surface area contributed by atoms with Crippen molar-refractivity contribution in [3.05, 3.63) is 34.0 Å². The molecule has 0 unspecified atom stereocenters. The van der Waals surface area contributed by atoms with Gasteiger partial charge in [0.25, 0.3) is 0 Å². The van der Waals surface area contributed by atoms with Gasteiger partial charge in [-0.15, -0.1) is 0 Å². The minimum atomic E-state index is -1.08. The van der Waals surface area contributed by atoms with E-state index >= 15 is 0 Å². The van der Waals surface area contributed by atoms with Gasteiger partial charge in [-0.2, -0.15) is 0 Å². The summed E-state index contributed by atoms with van der Waals surface area (Å²) in [5.41, 5.74) is 0.420. The molecule has 0 atom stereocenters. The zero-order valence-electron chi connectivity index (χ0n) is 6.42. The first-order valence-electron chi connectivity index (χ1n) is 3.26. The minimum absolute atomic E-state index is 0.0174. The van der Waals surface area contributed by atoms with Crippen molar-refractivity contribution in [3.8, 4) is 0 Å². The molecule has 5 heteroatoms. The number of carboxylic acids is 1. The summed E-state index contributed by atoms with van der Waals surface area (Å²) in [6.07, 6.45) is 1.44. The average Bonchev–Trinajstić information content (AvgIpc) is 2.08. The second kappa shape index (κ2) is 3.89. The molecule has 0 aliphatic carbocycles. The van der Waals surface area contributed by atoms with Crippen LogP contribution in [0, 0.1) is 0 Å². The minimum Gasteiger partial charge on any atom is -0.478 e. The standard InChI is InChI=1S/C8H5BrClNO2/c1-4(8(12)13)5-2-7(10)11-3-6(5)9/h2-3H,1H2,(H,12,13). The van der Waals surface area contributed by atoms with Crippen molar-refractivity contribution in [1.29, 1.82) is 0 Å². The number of hydrogen-bond acceptors (Lipinski definition) is 2. The molecule has 0 aliphatic rings. The smallest absolute Gasteiger partial charge is 0.335 e. The van der Waals surface area contributed by atoms with E-state index in [1.165, 1.54) is 12.3 Å². The van der Waals surface area contributed by atoms with Gasteiger partial charge in [-0.1, -0.05) is 18.2 Å². The summed E-state index contributed by atoms with van der Waals surface area (Å²) >= 11 is 8.75. The van der Waals surface area contributed by atoms with Crippen LogP contribution in [-0.2, 0) is 4.79 Å². The monoisotopic (exact) mass is 261 g/mol. The summed E-state index contributed by atoms with van der Waals surface area (Å²) in [6, 6.07) is 1.45. The van der Waals surface area contributed by atoms with E-state index in [4.69, 9.17) is 16.7 Å². The first-order valence-corrected chi connectivity index (χ1v) is 4.43. The van der Waals surface area contributed by atoms with Crippen LogP contribution >= 0.6 is 27.5 Å². The van der Waals surface area contributed by atoms with Crippen LogP contribution < -0.4 is 0 Å². The third kappa shape index (κ3) is 2.29. The third-order valence-corrected chi connectivity index (χ3v) is 2.24. The van der Waals surface area contributed by atoms with Gasteiger partial charge in [-0.25, -0.2) is 9.78 Å². The second-order valence-corrected chi connectivity index (χ2v) is 3.51. The maximum Gasteiger partial charge on any atom is 0.335 e. The first kappa shape index (κ1) is 10.2. The lowest BCUT2D eigenvalue weighted by atomic mass is 10.1. The molecular formula is C8H5BrClNO2. The topological polar surface area (TPSA) is 50.2 Å². The van der Waals surface area contributed by atoms with Gasteiger partial charge in [0.15, 0.2) is 0 Å². The van der Waals surface area contributed by atoms with Gasteiger partial charge in [0, 0.05) is 16.2 Å². The number of rotatable bonds is 2. The molecule has 1 aromatic heterocycles. The summed E-state index contributed by atoms with van der Waals surface area (Å²) in [5.74, 6) is -1.08.